The Hall–Kier alpha value is -3.67. The molecule has 0 unspecified atom stereocenters. The molecule has 2 aromatic carbocycles. The minimum Gasteiger partial charge on any atom is -0.309 e. The molecule has 2 N–H and O–H groups in total. The average molecular weight is 372 g/mol. The first-order valence-electron chi connectivity index (χ1n) is 9.20. The van der Waals surface area contributed by atoms with Crippen molar-refractivity contribution >= 4 is 29.1 Å². The van der Waals surface area contributed by atoms with E-state index in [1.54, 1.807) is 23.2 Å². The molecule has 1 saturated heterocycles. The quantitative estimate of drug-likeness (QED) is 0.707. The third-order valence-electron chi connectivity index (χ3n) is 4.64. The van der Waals surface area contributed by atoms with Crippen molar-refractivity contribution in [2.24, 2.45) is 0 Å². The fourth-order valence-electron chi connectivity index (χ4n) is 3.34. The van der Waals surface area contributed by atoms with Gasteiger partial charge in [-0.1, -0.05) is 48.5 Å². The van der Waals surface area contributed by atoms with Crippen molar-refractivity contribution < 1.29 is 9.59 Å². The Bertz CT molecular complexity index is 1000. The van der Waals surface area contributed by atoms with Gasteiger partial charge < -0.3 is 10.2 Å². The summed E-state index contributed by atoms with van der Waals surface area (Å²) in [6, 6.07) is 20.6. The second kappa shape index (κ2) is 7.92. The average Bonchev–Trinajstić information content (AvgIpc) is 3.15. The van der Waals surface area contributed by atoms with Crippen LogP contribution >= 0.6 is 0 Å². The van der Waals surface area contributed by atoms with E-state index in [-0.39, 0.29) is 5.91 Å². The third kappa shape index (κ3) is 3.71. The first-order chi connectivity index (χ1) is 13.7. The highest BCUT2D eigenvalue weighted by Crippen LogP contribution is 2.29. The normalized spacial score (nSPS) is 13.4. The molecule has 140 valence electrons. The number of carbonyl (C=O) groups excluding carboxylic acids is 2. The summed E-state index contributed by atoms with van der Waals surface area (Å²) in [5.74, 6) is 0.415. The van der Waals surface area contributed by atoms with Crippen LogP contribution in [0.25, 0.3) is 11.1 Å². The van der Waals surface area contributed by atoms with E-state index in [4.69, 9.17) is 0 Å². The molecule has 1 aromatic heterocycles. The van der Waals surface area contributed by atoms with Crippen LogP contribution < -0.4 is 15.5 Å². The van der Waals surface area contributed by atoms with Crippen molar-refractivity contribution in [3.8, 4) is 11.1 Å². The predicted octanol–water partition coefficient (Wildman–Crippen LogP) is 4.52. The van der Waals surface area contributed by atoms with Gasteiger partial charge in [0, 0.05) is 24.7 Å². The smallest absolute Gasteiger partial charge is 0.309 e. The SMILES string of the molecule is O=C(Nc1ccccc1-c1ccccc1)Nc1ncccc1N1CCCC1=O. The number of aromatic nitrogens is 1. The van der Waals surface area contributed by atoms with Gasteiger partial charge in [0.1, 0.15) is 0 Å². The molecule has 0 saturated carbocycles. The largest absolute Gasteiger partial charge is 0.324 e. The Morgan fingerprint density at radius 2 is 1.71 bits per heavy atom. The Morgan fingerprint density at radius 1 is 0.929 bits per heavy atom. The van der Waals surface area contributed by atoms with E-state index in [0.29, 0.717) is 30.2 Å². The number of rotatable bonds is 4. The van der Waals surface area contributed by atoms with Crippen molar-refractivity contribution in [3.63, 3.8) is 0 Å². The first-order valence-corrected chi connectivity index (χ1v) is 9.20. The molecule has 0 radical (unpaired) electrons. The van der Waals surface area contributed by atoms with Gasteiger partial charge in [0.15, 0.2) is 5.82 Å². The lowest BCUT2D eigenvalue weighted by atomic mass is 10.0. The number of nitrogens with one attached hydrogen (secondary N) is 2. The monoisotopic (exact) mass is 372 g/mol. The summed E-state index contributed by atoms with van der Waals surface area (Å²) >= 11 is 0. The van der Waals surface area contributed by atoms with Gasteiger partial charge in [-0.15, -0.1) is 0 Å². The lowest BCUT2D eigenvalue weighted by molar-refractivity contribution is -0.117. The number of amides is 3. The van der Waals surface area contributed by atoms with Crippen molar-refractivity contribution in [2.75, 3.05) is 22.1 Å². The van der Waals surface area contributed by atoms with Crippen LogP contribution in [-0.2, 0) is 4.79 Å². The van der Waals surface area contributed by atoms with Crippen LogP contribution in [0.5, 0.6) is 0 Å². The Kier molecular flexibility index (Phi) is 5.01. The molecule has 0 atom stereocenters. The second-order valence-electron chi connectivity index (χ2n) is 6.51. The highest BCUT2D eigenvalue weighted by atomic mass is 16.2. The highest BCUT2D eigenvalue weighted by Gasteiger charge is 2.25. The summed E-state index contributed by atoms with van der Waals surface area (Å²) < 4.78 is 0. The summed E-state index contributed by atoms with van der Waals surface area (Å²) in [6.45, 7) is 0.637. The Balaban J connectivity index is 1.55. The minimum atomic E-state index is -0.407. The maximum atomic E-state index is 12.6. The number of carbonyl (C=O) groups is 2. The highest BCUT2D eigenvalue weighted by molar-refractivity contribution is 6.05. The number of nitrogens with zero attached hydrogens (tertiary/aromatic N) is 2. The first kappa shape index (κ1) is 17.7. The maximum absolute atomic E-state index is 12.6. The summed E-state index contributed by atoms with van der Waals surface area (Å²) in [6.07, 6.45) is 2.92. The summed E-state index contributed by atoms with van der Waals surface area (Å²) in [4.78, 5) is 30.6. The van der Waals surface area contributed by atoms with Gasteiger partial charge >= 0.3 is 6.03 Å². The number of pyridine rings is 1. The zero-order valence-electron chi connectivity index (χ0n) is 15.3. The molecule has 28 heavy (non-hydrogen) atoms. The van der Waals surface area contributed by atoms with Crippen molar-refractivity contribution in [3.05, 3.63) is 72.9 Å². The van der Waals surface area contributed by atoms with Crippen LogP contribution in [0.1, 0.15) is 12.8 Å². The van der Waals surface area contributed by atoms with Gasteiger partial charge in [0.2, 0.25) is 5.91 Å². The van der Waals surface area contributed by atoms with Gasteiger partial charge in [0.25, 0.3) is 0 Å². The molecule has 0 bridgehead atoms. The molecule has 0 spiro atoms. The molecule has 2 heterocycles. The number of hydrogen-bond donors (Lipinski definition) is 2. The lowest BCUT2D eigenvalue weighted by Crippen LogP contribution is -2.27. The van der Waals surface area contributed by atoms with Crippen LogP contribution in [-0.4, -0.2) is 23.5 Å². The predicted molar refractivity (Wildman–Crippen MR) is 110 cm³/mol. The zero-order valence-corrected chi connectivity index (χ0v) is 15.3. The number of para-hydroxylation sites is 1. The van der Waals surface area contributed by atoms with Crippen LogP contribution in [0.3, 0.4) is 0 Å². The maximum Gasteiger partial charge on any atom is 0.324 e. The molecule has 1 aliphatic rings. The van der Waals surface area contributed by atoms with Gasteiger partial charge in [-0.2, -0.15) is 0 Å². The molecule has 3 amide bonds. The standard InChI is InChI=1S/C22H20N4O2/c27-20-13-7-15-26(20)19-12-6-14-23-21(19)25-22(28)24-18-11-5-4-10-17(18)16-8-2-1-3-9-16/h1-6,8-12,14H,7,13,15H2,(H2,23,24,25,28). The number of benzene rings is 2. The van der Waals surface area contributed by atoms with E-state index in [1.807, 2.05) is 54.6 Å². The molecule has 3 aromatic rings. The number of anilines is 3. The fourth-order valence-corrected chi connectivity index (χ4v) is 3.34. The lowest BCUT2D eigenvalue weighted by Gasteiger charge is -2.19. The molecular weight excluding hydrogens is 352 g/mol. The van der Waals surface area contributed by atoms with E-state index in [9.17, 15) is 9.59 Å². The molecule has 1 fully saturated rings. The molecular formula is C22H20N4O2. The van der Waals surface area contributed by atoms with Gasteiger partial charge in [-0.25, -0.2) is 9.78 Å². The van der Waals surface area contributed by atoms with Crippen molar-refractivity contribution in [1.82, 2.24) is 4.98 Å². The second-order valence-corrected chi connectivity index (χ2v) is 6.51. The third-order valence-corrected chi connectivity index (χ3v) is 4.64. The molecule has 0 aliphatic carbocycles. The van der Waals surface area contributed by atoms with E-state index >= 15 is 0 Å². The summed E-state index contributed by atoms with van der Waals surface area (Å²) in [7, 11) is 0. The number of urea groups is 1. The fraction of sp³-hybridized carbons (Fsp3) is 0.136. The van der Waals surface area contributed by atoms with Crippen LogP contribution in [0.2, 0.25) is 0 Å². The number of hydrogen-bond acceptors (Lipinski definition) is 3. The van der Waals surface area contributed by atoms with Gasteiger partial charge in [-0.3, -0.25) is 10.1 Å². The molecule has 4 rings (SSSR count). The van der Waals surface area contributed by atoms with Crippen LogP contribution in [0.15, 0.2) is 72.9 Å². The van der Waals surface area contributed by atoms with Crippen LogP contribution in [0.4, 0.5) is 22.0 Å². The molecule has 6 nitrogen and oxygen atoms in total. The minimum absolute atomic E-state index is 0.0471. The zero-order chi connectivity index (χ0) is 19.3. The summed E-state index contributed by atoms with van der Waals surface area (Å²) in [5.41, 5.74) is 3.26. The van der Waals surface area contributed by atoms with Gasteiger partial charge in [-0.05, 0) is 30.2 Å². The van der Waals surface area contributed by atoms with E-state index in [2.05, 4.69) is 15.6 Å². The van der Waals surface area contributed by atoms with E-state index in [0.717, 1.165) is 17.5 Å². The summed E-state index contributed by atoms with van der Waals surface area (Å²) in [5, 5.41) is 5.67. The Labute approximate surface area is 163 Å². The van der Waals surface area contributed by atoms with Crippen molar-refractivity contribution in [1.29, 1.82) is 0 Å². The molecule has 1 aliphatic heterocycles. The van der Waals surface area contributed by atoms with E-state index in [1.165, 1.54) is 0 Å². The van der Waals surface area contributed by atoms with Crippen LogP contribution in [0, 0.1) is 0 Å². The molecule has 6 heteroatoms. The van der Waals surface area contributed by atoms with Gasteiger partial charge in [0.05, 0.1) is 11.4 Å². The Morgan fingerprint density at radius 3 is 2.50 bits per heavy atom. The van der Waals surface area contributed by atoms with E-state index < -0.39 is 6.03 Å². The topological polar surface area (TPSA) is 74.3 Å². The van der Waals surface area contributed by atoms with Crippen molar-refractivity contribution in [2.45, 2.75) is 12.8 Å².